The lowest BCUT2D eigenvalue weighted by Gasteiger charge is -2.08. The van der Waals surface area contributed by atoms with Crippen LogP contribution in [0.1, 0.15) is 5.56 Å². The fraction of sp³-hybridized carbons (Fsp3) is 0.294. The average Bonchev–Trinajstić information content (AvgIpc) is 2.53. The number of ether oxygens (including phenoxy) is 2. The highest BCUT2D eigenvalue weighted by atomic mass is 32.2. The third kappa shape index (κ3) is 5.33. The van der Waals surface area contributed by atoms with Gasteiger partial charge in [0.05, 0.1) is 13.7 Å². The summed E-state index contributed by atoms with van der Waals surface area (Å²) in [7, 11) is 3.62. The van der Waals surface area contributed by atoms with Crippen LogP contribution in [0.15, 0.2) is 53.4 Å². The lowest BCUT2D eigenvalue weighted by atomic mass is 10.2. The molecule has 2 aromatic carbocycles. The highest BCUT2D eigenvalue weighted by molar-refractivity contribution is 7.99. The van der Waals surface area contributed by atoms with Gasteiger partial charge in [0.15, 0.2) is 0 Å². The molecule has 0 aliphatic carbocycles. The molecule has 0 bridgehead atoms. The van der Waals surface area contributed by atoms with Crippen molar-refractivity contribution in [2.75, 3.05) is 26.5 Å². The van der Waals surface area contributed by atoms with Gasteiger partial charge in [-0.25, -0.2) is 0 Å². The Kier molecular flexibility index (Phi) is 6.44. The highest BCUT2D eigenvalue weighted by Crippen LogP contribution is 2.20. The van der Waals surface area contributed by atoms with Crippen LogP contribution in [-0.4, -0.2) is 26.5 Å². The van der Waals surface area contributed by atoms with Crippen LogP contribution in [0, 0.1) is 0 Å². The highest BCUT2D eigenvalue weighted by Gasteiger charge is 1.98. The summed E-state index contributed by atoms with van der Waals surface area (Å²) in [4.78, 5) is 1.28. The van der Waals surface area contributed by atoms with Gasteiger partial charge in [-0.1, -0.05) is 12.1 Å². The maximum Gasteiger partial charge on any atom is 0.119 e. The molecule has 2 rings (SSSR count). The zero-order chi connectivity index (χ0) is 14.9. The van der Waals surface area contributed by atoms with Crippen molar-refractivity contribution in [3.8, 4) is 11.5 Å². The van der Waals surface area contributed by atoms with Crippen LogP contribution in [0.4, 0.5) is 0 Å². The number of thioether (sulfide) groups is 1. The Labute approximate surface area is 130 Å². The quantitative estimate of drug-likeness (QED) is 0.596. The second-order valence-electron chi connectivity index (χ2n) is 4.55. The Bertz CT molecular complexity index is 543. The van der Waals surface area contributed by atoms with Crippen molar-refractivity contribution in [2.24, 2.45) is 0 Å². The molecule has 0 heterocycles. The van der Waals surface area contributed by atoms with E-state index in [1.54, 1.807) is 7.11 Å². The summed E-state index contributed by atoms with van der Waals surface area (Å²) in [5, 5.41) is 3.17. The van der Waals surface area contributed by atoms with Crippen molar-refractivity contribution >= 4 is 11.8 Å². The van der Waals surface area contributed by atoms with Crippen LogP contribution in [0.3, 0.4) is 0 Å². The Hall–Kier alpha value is -1.65. The number of nitrogens with one attached hydrogen (secondary N) is 1. The van der Waals surface area contributed by atoms with Crippen molar-refractivity contribution in [3.63, 3.8) is 0 Å². The van der Waals surface area contributed by atoms with E-state index in [9.17, 15) is 0 Å². The fourth-order valence-electron chi connectivity index (χ4n) is 1.94. The first-order chi connectivity index (χ1) is 10.3. The molecule has 0 aliphatic heterocycles. The van der Waals surface area contributed by atoms with Crippen molar-refractivity contribution in [3.05, 3.63) is 54.1 Å². The first-order valence-corrected chi connectivity index (χ1v) is 7.93. The molecule has 1 N–H and O–H groups in total. The minimum Gasteiger partial charge on any atom is -0.497 e. The molecule has 0 spiro atoms. The van der Waals surface area contributed by atoms with Crippen molar-refractivity contribution < 1.29 is 9.47 Å². The number of benzene rings is 2. The van der Waals surface area contributed by atoms with Crippen LogP contribution in [-0.2, 0) is 6.54 Å². The zero-order valence-electron chi connectivity index (χ0n) is 12.5. The van der Waals surface area contributed by atoms with Crippen LogP contribution in [0.5, 0.6) is 11.5 Å². The third-order valence-electron chi connectivity index (χ3n) is 2.96. The number of hydrogen-bond donors (Lipinski definition) is 1. The standard InChI is InChI=1S/C17H21NO2S/c1-18-13-14-4-3-5-17(12-14)21-11-10-20-16-8-6-15(19-2)7-9-16/h3-9,12,18H,10-11,13H2,1-2H3. The van der Waals surface area contributed by atoms with Gasteiger partial charge in [-0.3, -0.25) is 0 Å². The van der Waals surface area contributed by atoms with E-state index in [1.807, 2.05) is 43.1 Å². The maximum atomic E-state index is 5.72. The second kappa shape index (κ2) is 8.60. The molecule has 0 amide bonds. The van der Waals surface area contributed by atoms with Crippen molar-refractivity contribution in [1.82, 2.24) is 5.32 Å². The topological polar surface area (TPSA) is 30.5 Å². The minimum absolute atomic E-state index is 0.688. The van der Waals surface area contributed by atoms with E-state index in [-0.39, 0.29) is 0 Å². The van der Waals surface area contributed by atoms with Crippen LogP contribution in [0.25, 0.3) is 0 Å². The van der Waals surface area contributed by atoms with E-state index in [2.05, 4.69) is 29.6 Å². The molecule has 0 aromatic heterocycles. The van der Waals surface area contributed by atoms with Gasteiger partial charge in [-0.05, 0) is 49.0 Å². The molecule has 21 heavy (non-hydrogen) atoms. The minimum atomic E-state index is 0.688. The zero-order valence-corrected chi connectivity index (χ0v) is 13.3. The summed E-state index contributed by atoms with van der Waals surface area (Å²) in [6.07, 6.45) is 0. The van der Waals surface area contributed by atoms with Crippen LogP contribution < -0.4 is 14.8 Å². The summed E-state index contributed by atoms with van der Waals surface area (Å²) in [5.41, 5.74) is 1.30. The van der Waals surface area contributed by atoms with E-state index >= 15 is 0 Å². The van der Waals surface area contributed by atoms with E-state index in [1.165, 1.54) is 10.5 Å². The molecule has 0 atom stereocenters. The van der Waals surface area contributed by atoms with Gasteiger partial charge in [-0.15, -0.1) is 11.8 Å². The molecule has 0 unspecified atom stereocenters. The van der Waals surface area contributed by atoms with Gasteiger partial charge in [-0.2, -0.15) is 0 Å². The molecular weight excluding hydrogens is 282 g/mol. The summed E-state index contributed by atoms with van der Waals surface area (Å²) < 4.78 is 10.8. The molecule has 2 aromatic rings. The predicted molar refractivity (Wildman–Crippen MR) is 88.4 cm³/mol. The lowest BCUT2D eigenvalue weighted by Crippen LogP contribution is -2.04. The summed E-state index contributed by atoms with van der Waals surface area (Å²) in [6.45, 7) is 1.59. The fourth-order valence-corrected chi connectivity index (χ4v) is 2.75. The molecular formula is C17H21NO2S. The molecule has 4 heteroatoms. The molecule has 0 saturated carbocycles. The first-order valence-electron chi connectivity index (χ1n) is 6.95. The largest absolute Gasteiger partial charge is 0.497 e. The first kappa shape index (κ1) is 15.7. The Morgan fingerprint density at radius 1 is 1.05 bits per heavy atom. The Balaban J connectivity index is 1.74. The second-order valence-corrected chi connectivity index (χ2v) is 5.72. The maximum absolute atomic E-state index is 5.72. The molecule has 0 aliphatic rings. The summed E-state index contributed by atoms with van der Waals surface area (Å²) >= 11 is 1.81. The molecule has 0 radical (unpaired) electrons. The lowest BCUT2D eigenvalue weighted by molar-refractivity contribution is 0.342. The molecule has 0 fully saturated rings. The van der Waals surface area contributed by atoms with Gasteiger partial charge in [0.1, 0.15) is 11.5 Å². The van der Waals surface area contributed by atoms with Crippen molar-refractivity contribution in [1.29, 1.82) is 0 Å². The Morgan fingerprint density at radius 2 is 1.81 bits per heavy atom. The van der Waals surface area contributed by atoms with Gasteiger partial charge in [0.25, 0.3) is 0 Å². The smallest absolute Gasteiger partial charge is 0.119 e. The molecule has 0 saturated heterocycles. The van der Waals surface area contributed by atoms with Crippen molar-refractivity contribution in [2.45, 2.75) is 11.4 Å². The number of hydrogen-bond acceptors (Lipinski definition) is 4. The van der Waals surface area contributed by atoms with E-state index in [0.717, 1.165) is 23.8 Å². The molecule has 3 nitrogen and oxygen atoms in total. The van der Waals surface area contributed by atoms with E-state index in [4.69, 9.17) is 9.47 Å². The number of rotatable bonds is 8. The van der Waals surface area contributed by atoms with Crippen LogP contribution in [0.2, 0.25) is 0 Å². The van der Waals surface area contributed by atoms with Gasteiger partial charge < -0.3 is 14.8 Å². The predicted octanol–water partition coefficient (Wildman–Crippen LogP) is 3.59. The van der Waals surface area contributed by atoms with Gasteiger partial charge >= 0.3 is 0 Å². The summed E-state index contributed by atoms with van der Waals surface area (Å²) in [5.74, 6) is 2.65. The van der Waals surface area contributed by atoms with Gasteiger partial charge in [0, 0.05) is 17.2 Å². The SMILES string of the molecule is CNCc1cccc(SCCOc2ccc(OC)cc2)c1. The number of methoxy groups -OCH3 is 1. The average molecular weight is 303 g/mol. The van der Waals surface area contributed by atoms with E-state index in [0.29, 0.717) is 6.61 Å². The monoisotopic (exact) mass is 303 g/mol. The van der Waals surface area contributed by atoms with E-state index < -0.39 is 0 Å². The Morgan fingerprint density at radius 3 is 2.52 bits per heavy atom. The van der Waals surface area contributed by atoms with Gasteiger partial charge in [0.2, 0.25) is 0 Å². The summed E-state index contributed by atoms with van der Waals surface area (Å²) in [6, 6.07) is 16.3. The normalized spacial score (nSPS) is 10.4. The molecule has 112 valence electrons. The van der Waals surface area contributed by atoms with Crippen LogP contribution >= 0.6 is 11.8 Å². The third-order valence-corrected chi connectivity index (χ3v) is 3.92.